The summed E-state index contributed by atoms with van der Waals surface area (Å²) in [6.07, 6.45) is 2.58. The third-order valence-corrected chi connectivity index (χ3v) is 2.63. The van der Waals surface area contributed by atoms with Crippen molar-refractivity contribution in [2.24, 2.45) is 0 Å². The van der Waals surface area contributed by atoms with Gasteiger partial charge in [0.25, 0.3) is 0 Å². The maximum atomic E-state index is 5.40. The average Bonchev–Trinajstić information content (AvgIpc) is 3.02. The van der Waals surface area contributed by atoms with Crippen molar-refractivity contribution in [2.45, 2.75) is 26.7 Å². The van der Waals surface area contributed by atoms with Gasteiger partial charge in [-0.1, -0.05) is 17.7 Å². The number of ether oxygens (including phenoxy) is 1. The van der Waals surface area contributed by atoms with E-state index in [-0.39, 0.29) is 0 Å². The fourth-order valence-electron chi connectivity index (χ4n) is 1.61. The molecule has 0 atom stereocenters. The Hall–Kier alpha value is -1.24. The number of allylic oxidation sites excluding steroid dienone is 2. The van der Waals surface area contributed by atoms with Crippen molar-refractivity contribution in [3.8, 4) is 5.75 Å². The standard InChI is InChI=1S/C13H16O/c1-3-14-13-8-6-12(7-9-13)10(2)11-4-5-11/h6-9H,3-5H2,1-2H3. The lowest BCUT2D eigenvalue weighted by atomic mass is 10.1. The van der Waals surface area contributed by atoms with Gasteiger partial charge in [-0.25, -0.2) is 0 Å². The normalized spacial score (nSPS) is 14.0. The van der Waals surface area contributed by atoms with Gasteiger partial charge in [-0.05, 0) is 50.0 Å². The summed E-state index contributed by atoms with van der Waals surface area (Å²) in [4.78, 5) is 0. The smallest absolute Gasteiger partial charge is 0.119 e. The van der Waals surface area contributed by atoms with Crippen molar-refractivity contribution in [1.29, 1.82) is 0 Å². The molecule has 1 aliphatic carbocycles. The van der Waals surface area contributed by atoms with Crippen molar-refractivity contribution in [2.75, 3.05) is 6.61 Å². The van der Waals surface area contributed by atoms with E-state index >= 15 is 0 Å². The fourth-order valence-corrected chi connectivity index (χ4v) is 1.61. The van der Waals surface area contributed by atoms with E-state index in [9.17, 15) is 0 Å². The molecule has 0 aliphatic heterocycles. The molecule has 0 amide bonds. The van der Waals surface area contributed by atoms with Crippen LogP contribution in [0.25, 0.3) is 5.57 Å². The molecule has 0 N–H and O–H groups in total. The zero-order chi connectivity index (χ0) is 9.97. The molecule has 1 aromatic rings. The van der Waals surface area contributed by atoms with E-state index in [1.54, 1.807) is 5.57 Å². The molecular formula is C13H16O. The molecule has 0 heterocycles. The molecule has 0 spiro atoms. The molecule has 0 radical (unpaired) electrons. The van der Waals surface area contributed by atoms with Gasteiger partial charge in [0.1, 0.15) is 5.75 Å². The van der Waals surface area contributed by atoms with Gasteiger partial charge in [0.15, 0.2) is 0 Å². The Balaban J connectivity index is 2.17. The topological polar surface area (TPSA) is 9.23 Å². The third kappa shape index (κ3) is 1.98. The molecule has 1 fully saturated rings. The first-order chi connectivity index (χ1) is 6.81. The molecule has 14 heavy (non-hydrogen) atoms. The minimum absolute atomic E-state index is 0.736. The average molecular weight is 188 g/mol. The highest BCUT2D eigenvalue weighted by atomic mass is 16.5. The minimum atomic E-state index is 0.736. The van der Waals surface area contributed by atoms with E-state index in [1.807, 2.05) is 19.1 Å². The number of benzene rings is 1. The second kappa shape index (κ2) is 3.87. The lowest BCUT2D eigenvalue weighted by Crippen LogP contribution is -1.90. The lowest BCUT2D eigenvalue weighted by Gasteiger charge is -2.04. The summed E-state index contributed by atoms with van der Waals surface area (Å²) < 4.78 is 5.40. The molecule has 0 aromatic heterocycles. The van der Waals surface area contributed by atoms with Crippen molar-refractivity contribution in [3.05, 3.63) is 35.4 Å². The summed E-state index contributed by atoms with van der Waals surface area (Å²) in [5, 5.41) is 0. The molecular weight excluding hydrogens is 172 g/mol. The van der Waals surface area contributed by atoms with Gasteiger partial charge >= 0.3 is 0 Å². The van der Waals surface area contributed by atoms with E-state index < -0.39 is 0 Å². The molecule has 2 rings (SSSR count). The first-order valence-corrected chi connectivity index (χ1v) is 5.23. The highest BCUT2D eigenvalue weighted by Gasteiger charge is 2.15. The van der Waals surface area contributed by atoms with Crippen LogP contribution < -0.4 is 4.74 Å². The lowest BCUT2D eigenvalue weighted by molar-refractivity contribution is 0.340. The van der Waals surface area contributed by atoms with Crippen LogP contribution in [0.3, 0.4) is 0 Å². The molecule has 0 bridgehead atoms. The fraction of sp³-hybridized carbons (Fsp3) is 0.385. The molecule has 1 nitrogen and oxygen atoms in total. The first-order valence-electron chi connectivity index (χ1n) is 5.23. The van der Waals surface area contributed by atoms with Crippen LogP contribution in [0.2, 0.25) is 0 Å². The number of hydrogen-bond donors (Lipinski definition) is 0. The molecule has 74 valence electrons. The zero-order valence-corrected chi connectivity index (χ0v) is 8.84. The monoisotopic (exact) mass is 188 g/mol. The molecule has 1 saturated carbocycles. The molecule has 1 heteroatoms. The van der Waals surface area contributed by atoms with Crippen LogP contribution in [-0.4, -0.2) is 6.61 Å². The molecule has 1 aliphatic rings. The van der Waals surface area contributed by atoms with E-state index in [4.69, 9.17) is 4.74 Å². The van der Waals surface area contributed by atoms with Crippen molar-refractivity contribution >= 4 is 5.57 Å². The summed E-state index contributed by atoms with van der Waals surface area (Å²) in [6, 6.07) is 8.38. The Labute approximate surface area is 85.4 Å². The van der Waals surface area contributed by atoms with Crippen LogP contribution >= 0.6 is 0 Å². The van der Waals surface area contributed by atoms with E-state index in [0.717, 1.165) is 12.4 Å². The van der Waals surface area contributed by atoms with Crippen LogP contribution in [0.4, 0.5) is 0 Å². The van der Waals surface area contributed by atoms with Gasteiger partial charge < -0.3 is 4.74 Å². The van der Waals surface area contributed by atoms with Gasteiger partial charge in [0, 0.05) is 0 Å². The number of rotatable bonds is 3. The van der Waals surface area contributed by atoms with Crippen LogP contribution in [0.5, 0.6) is 5.75 Å². The summed E-state index contributed by atoms with van der Waals surface area (Å²) >= 11 is 0. The predicted molar refractivity (Wildman–Crippen MR) is 59.4 cm³/mol. The molecule has 1 aromatic carbocycles. The zero-order valence-electron chi connectivity index (χ0n) is 8.84. The second-order valence-electron chi connectivity index (χ2n) is 3.69. The SMILES string of the molecule is CCOc1ccc(C(C)=C2CC2)cc1. The van der Waals surface area contributed by atoms with Crippen molar-refractivity contribution in [3.63, 3.8) is 0 Å². The molecule has 0 unspecified atom stereocenters. The predicted octanol–water partition coefficient (Wildman–Crippen LogP) is 3.65. The van der Waals surface area contributed by atoms with E-state index in [0.29, 0.717) is 0 Å². The van der Waals surface area contributed by atoms with Crippen molar-refractivity contribution < 1.29 is 4.74 Å². The Bertz CT molecular complexity index is 340. The van der Waals surface area contributed by atoms with Crippen LogP contribution in [0.15, 0.2) is 29.8 Å². The van der Waals surface area contributed by atoms with E-state index in [1.165, 1.54) is 24.0 Å². The van der Waals surface area contributed by atoms with Gasteiger partial charge in [-0.15, -0.1) is 0 Å². The highest BCUT2D eigenvalue weighted by molar-refractivity contribution is 5.70. The Morgan fingerprint density at radius 1 is 1.21 bits per heavy atom. The Morgan fingerprint density at radius 3 is 2.36 bits per heavy atom. The third-order valence-electron chi connectivity index (χ3n) is 2.63. The molecule has 0 saturated heterocycles. The maximum absolute atomic E-state index is 5.40. The summed E-state index contributed by atoms with van der Waals surface area (Å²) in [5.41, 5.74) is 4.39. The quantitative estimate of drug-likeness (QED) is 0.703. The first kappa shape index (κ1) is 9.32. The number of hydrogen-bond acceptors (Lipinski definition) is 1. The van der Waals surface area contributed by atoms with Gasteiger partial charge in [0.2, 0.25) is 0 Å². The maximum Gasteiger partial charge on any atom is 0.119 e. The van der Waals surface area contributed by atoms with Gasteiger partial charge in [0.05, 0.1) is 6.61 Å². The Kier molecular flexibility index (Phi) is 2.58. The van der Waals surface area contributed by atoms with Gasteiger partial charge in [-0.3, -0.25) is 0 Å². The summed E-state index contributed by atoms with van der Waals surface area (Å²) in [5.74, 6) is 0.963. The highest BCUT2D eigenvalue weighted by Crippen LogP contribution is 2.36. The van der Waals surface area contributed by atoms with Crippen LogP contribution in [-0.2, 0) is 0 Å². The summed E-state index contributed by atoms with van der Waals surface area (Å²) in [6.45, 7) is 4.95. The van der Waals surface area contributed by atoms with Crippen LogP contribution in [0, 0.1) is 0 Å². The van der Waals surface area contributed by atoms with Crippen molar-refractivity contribution in [1.82, 2.24) is 0 Å². The van der Waals surface area contributed by atoms with Crippen LogP contribution in [0.1, 0.15) is 32.3 Å². The van der Waals surface area contributed by atoms with E-state index in [2.05, 4.69) is 19.1 Å². The largest absolute Gasteiger partial charge is 0.494 e. The van der Waals surface area contributed by atoms with Gasteiger partial charge in [-0.2, -0.15) is 0 Å². The Morgan fingerprint density at radius 2 is 1.86 bits per heavy atom. The summed E-state index contributed by atoms with van der Waals surface area (Å²) in [7, 11) is 0. The minimum Gasteiger partial charge on any atom is -0.494 e. The second-order valence-corrected chi connectivity index (χ2v) is 3.69.